The van der Waals surface area contributed by atoms with Gasteiger partial charge in [0.25, 0.3) is 0 Å². The summed E-state index contributed by atoms with van der Waals surface area (Å²) in [6.45, 7) is 0. The molecule has 0 unspecified atom stereocenters. The minimum Gasteiger partial charge on any atom is -0.497 e. The van der Waals surface area contributed by atoms with Crippen LogP contribution in [0.5, 0.6) is 5.75 Å². The Balaban J connectivity index is 2.17. The number of nitrogen functional groups attached to an aromatic ring is 1. The Labute approximate surface area is 114 Å². The molecule has 3 rings (SSSR count). The average Bonchev–Trinajstić information content (AvgIpc) is 2.83. The van der Waals surface area contributed by atoms with Crippen LogP contribution in [0.3, 0.4) is 0 Å². The molecule has 0 saturated carbocycles. The van der Waals surface area contributed by atoms with Gasteiger partial charge in [0.2, 0.25) is 5.89 Å². The van der Waals surface area contributed by atoms with E-state index >= 15 is 0 Å². The van der Waals surface area contributed by atoms with E-state index in [0.29, 0.717) is 33.3 Å². The number of hydrogen-bond acceptors (Lipinski definition) is 4. The van der Waals surface area contributed by atoms with E-state index in [9.17, 15) is 0 Å². The van der Waals surface area contributed by atoms with Crippen molar-refractivity contribution in [1.29, 1.82) is 0 Å². The molecule has 2 aromatic carbocycles. The van der Waals surface area contributed by atoms with E-state index in [4.69, 9.17) is 26.5 Å². The minimum atomic E-state index is 0.447. The van der Waals surface area contributed by atoms with Gasteiger partial charge in [-0.2, -0.15) is 0 Å². The molecule has 3 aromatic rings. The molecule has 0 fully saturated rings. The SMILES string of the molecule is COc1ccc2oc(-c3cc(Cl)ccc3N)nc2c1. The second-order valence-corrected chi connectivity index (χ2v) is 4.52. The highest BCUT2D eigenvalue weighted by molar-refractivity contribution is 6.31. The Bertz CT molecular complexity index is 752. The van der Waals surface area contributed by atoms with Gasteiger partial charge in [0, 0.05) is 16.8 Å². The zero-order chi connectivity index (χ0) is 13.4. The van der Waals surface area contributed by atoms with Crippen molar-refractivity contribution in [3.63, 3.8) is 0 Å². The summed E-state index contributed by atoms with van der Waals surface area (Å²) in [5.74, 6) is 1.18. The second kappa shape index (κ2) is 4.48. The molecule has 0 amide bonds. The topological polar surface area (TPSA) is 61.3 Å². The number of halogens is 1. The molecule has 0 bridgehead atoms. The molecule has 0 aliphatic rings. The summed E-state index contributed by atoms with van der Waals surface area (Å²) in [6.07, 6.45) is 0. The van der Waals surface area contributed by atoms with Crippen molar-refractivity contribution in [3.05, 3.63) is 41.4 Å². The minimum absolute atomic E-state index is 0.447. The van der Waals surface area contributed by atoms with Crippen LogP contribution in [0.4, 0.5) is 5.69 Å². The van der Waals surface area contributed by atoms with Gasteiger partial charge in [-0.3, -0.25) is 0 Å². The fraction of sp³-hybridized carbons (Fsp3) is 0.0714. The van der Waals surface area contributed by atoms with Gasteiger partial charge in [0.15, 0.2) is 5.58 Å². The van der Waals surface area contributed by atoms with Crippen LogP contribution in [0.1, 0.15) is 0 Å². The third-order valence-corrected chi connectivity index (χ3v) is 3.08. The molecule has 1 aromatic heterocycles. The summed E-state index contributed by atoms with van der Waals surface area (Å²) in [4.78, 5) is 4.41. The first kappa shape index (κ1) is 11.9. The molecule has 4 nitrogen and oxygen atoms in total. The average molecular weight is 275 g/mol. The van der Waals surface area contributed by atoms with E-state index in [-0.39, 0.29) is 0 Å². The molecule has 0 saturated heterocycles. The molecule has 0 radical (unpaired) electrons. The number of nitrogens with two attached hydrogens (primary N) is 1. The van der Waals surface area contributed by atoms with Crippen LogP contribution in [0.25, 0.3) is 22.6 Å². The number of oxazole rings is 1. The largest absolute Gasteiger partial charge is 0.497 e. The summed E-state index contributed by atoms with van der Waals surface area (Å²) < 4.78 is 10.8. The standard InChI is InChI=1S/C14H11ClN2O2/c1-18-9-3-5-13-12(7-9)17-14(19-13)10-6-8(15)2-4-11(10)16/h2-7H,16H2,1H3. The number of aromatic nitrogens is 1. The Kier molecular flexibility index (Phi) is 2.80. The number of hydrogen-bond donors (Lipinski definition) is 1. The van der Waals surface area contributed by atoms with E-state index in [1.807, 2.05) is 18.2 Å². The van der Waals surface area contributed by atoms with Crippen molar-refractivity contribution in [3.8, 4) is 17.2 Å². The Morgan fingerprint density at radius 2 is 2.05 bits per heavy atom. The van der Waals surface area contributed by atoms with E-state index in [2.05, 4.69) is 4.98 Å². The monoisotopic (exact) mass is 274 g/mol. The summed E-state index contributed by atoms with van der Waals surface area (Å²) in [6, 6.07) is 10.6. The molecule has 19 heavy (non-hydrogen) atoms. The van der Waals surface area contributed by atoms with E-state index in [0.717, 1.165) is 5.75 Å². The molecular formula is C14H11ClN2O2. The first-order valence-corrected chi connectivity index (χ1v) is 6.05. The number of rotatable bonds is 2. The van der Waals surface area contributed by atoms with Crippen molar-refractivity contribution in [2.75, 3.05) is 12.8 Å². The lowest BCUT2D eigenvalue weighted by atomic mass is 10.2. The van der Waals surface area contributed by atoms with Gasteiger partial charge in [-0.25, -0.2) is 4.98 Å². The molecule has 5 heteroatoms. The fourth-order valence-electron chi connectivity index (χ4n) is 1.86. The van der Waals surface area contributed by atoms with Crippen LogP contribution < -0.4 is 10.5 Å². The van der Waals surface area contributed by atoms with Gasteiger partial charge < -0.3 is 14.9 Å². The molecule has 1 heterocycles. The van der Waals surface area contributed by atoms with E-state index in [1.54, 1.807) is 25.3 Å². The van der Waals surface area contributed by atoms with Crippen molar-refractivity contribution in [2.45, 2.75) is 0 Å². The van der Waals surface area contributed by atoms with Gasteiger partial charge in [0.05, 0.1) is 12.7 Å². The predicted molar refractivity (Wildman–Crippen MR) is 75.4 cm³/mol. The Hall–Kier alpha value is -2.20. The third kappa shape index (κ3) is 2.11. The lowest BCUT2D eigenvalue weighted by Crippen LogP contribution is -1.89. The number of ether oxygens (including phenoxy) is 1. The van der Waals surface area contributed by atoms with Gasteiger partial charge in [0.1, 0.15) is 11.3 Å². The number of fused-ring (bicyclic) bond motifs is 1. The van der Waals surface area contributed by atoms with Crippen LogP contribution in [0.2, 0.25) is 5.02 Å². The van der Waals surface area contributed by atoms with Gasteiger partial charge >= 0.3 is 0 Å². The van der Waals surface area contributed by atoms with E-state index in [1.165, 1.54) is 0 Å². The van der Waals surface area contributed by atoms with Crippen LogP contribution >= 0.6 is 11.6 Å². The van der Waals surface area contributed by atoms with Gasteiger partial charge in [-0.05, 0) is 30.3 Å². The summed E-state index contributed by atoms with van der Waals surface area (Å²) in [5.41, 5.74) is 8.56. The van der Waals surface area contributed by atoms with Crippen LogP contribution in [0.15, 0.2) is 40.8 Å². The third-order valence-electron chi connectivity index (χ3n) is 2.84. The molecule has 0 atom stereocenters. The van der Waals surface area contributed by atoms with Crippen molar-refractivity contribution in [2.24, 2.45) is 0 Å². The molecule has 0 aliphatic carbocycles. The van der Waals surface area contributed by atoms with Gasteiger partial charge in [-0.1, -0.05) is 11.6 Å². The highest BCUT2D eigenvalue weighted by Gasteiger charge is 2.12. The van der Waals surface area contributed by atoms with Crippen molar-refractivity contribution in [1.82, 2.24) is 4.98 Å². The van der Waals surface area contributed by atoms with E-state index < -0.39 is 0 Å². The van der Waals surface area contributed by atoms with Gasteiger partial charge in [-0.15, -0.1) is 0 Å². The molecular weight excluding hydrogens is 264 g/mol. The smallest absolute Gasteiger partial charge is 0.229 e. The second-order valence-electron chi connectivity index (χ2n) is 4.08. The maximum absolute atomic E-state index is 5.97. The number of methoxy groups -OCH3 is 1. The normalized spacial score (nSPS) is 10.8. The summed E-state index contributed by atoms with van der Waals surface area (Å²) in [5, 5.41) is 0.587. The highest BCUT2D eigenvalue weighted by atomic mass is 35.5. The lowest BCUT2D eigenvalue weighted by molar-refractivity contribution is 0.415. The maximum Gasteiger partial charge on any atom is 0.229 e. The zero-order valence-corrected chi connectivity index (χ0v) is 10.9. The quantitative estimate of drug-likeness (QED) is 0.723. The van der Waals surface area contributed by atoms with Crippen LogP contribution in [0, 0.1) is 0 Å². The first-order chi connectivity index (χ1) is 9.17. The summed E-state index contributed by atoms with van der Waals surface area (Å²) >= 11 is 5.97. The molecule has 96 valence electrons. The molecule has 2 N–H and O–H groups in total. The Morgan fingerprint density at radius 3 is 2.84 bits per heavy atom. The highest BCUT2D eigenvalue weighted by Crippen LogP contribution is 2.31. The van der Waals surface area contributed by atoms with Crippen LogP contribution in [-0.4, -0.2) is 12.1 Å². The van der Waals surface area contributed by atoms with Crippen molar-refractivity contribution < 1.29 is 9.15 Å². The first-order valence-electron chi connectivity index (χ1n) is 5.67. The zero-order valence-electron chi connectivity index (χ0n) is 10.2. The lowest BCUT2D eigenvalue weighted by Gasteiger charge is -2.00. The van der Waals surface area contributed by atoms with Crippen LogP contribution in [-0.2, 0) is 0 Å². The number of anilines is 1. The molecule has 0 spiro atoms. The fourth-order valence-corrected chi connectivity index (χ4v) is 2.04. The summed E-state index contributed by atoms with van der Waals surface area (Å²) in [7, 11) is 1.61. The number of nitrogens with zero attached hydrogens (tertiary/aromatic N) is 1. The number of benzene rings is 2. The maximum atomic E-state index is 5.97. The van der Waals surface area contributed by atoms with Crippen molar-refractivity contribution >= 4 is 28.4 Å². The molecule has 0 aliphatic heterocycles. The Morgan fingerprint density at radius 1 is 1.21 bits per heavy atom. The predicted octanol–water partition coefficient (Wildman–Crippen LogP) is 3.74.